The Kier molecular flexibility index (Phi) is 6.34. The molecule has 6 nitrogen and oxygen atoms in total. The summed E-state index contributed by atoms with van der Waals surface area (Å²) in [6, 6.07) is 1.38. The van der Waals surface area contributed by atoms with Gasteiger partial charge in [-0.15, -0.1) is 0 Å². The van der Waals surface area contributed by atoms with E-state index in [1.54, 1.807) is 0 Å². The molecule has 5 aliphatic rings. The molecule has 5 fully saturated rings. The molecule has 1 amide bonds. The summed E-state index contributed by atoms with van der Waals surface area (Å²) in [5.74, 6) is 0.315. The molecular weight excluding hydrogens is 385 g/mol. The van der Waals surface area contributed by atoms with Gasteiger partial charge in [0.25, 0.3) is 0 Å². The van der Waals surface area contributed by atoms with Crippen molar-refractivity contribution in [3.63, 3.8) is 0 Å². The number of carbonyl (C=O) groups excluding carboxylic acids is 2. The van der Waals surface area contributed by atoms with E-state index >= 15 is 0 Å². The second kappa shape index (κ2) is 8.82. The number of hydrogen-bond acceptors (Lipinski definition) is 5. The van der Waals surface area contributed by atoms with Gasteiger partial charge in [-0.1, -0.05) is 19.3 Å². The number of hydrogen-bond donors (Lipinski definition) is 1. The zero-order valence-corrected chi connectivity index (χ0v) is 17.8. The van der Waals surface area contributed by atoms with E-state index in [-0.39, 0.29) is 42.3 Å². The molecule has 0 radical (unpaired) electrons. The summed E-state index contributed by atoms with van der Waals surface area (Å²) in [6.07, 6.45) is 10.1. The van der Waals surface area contributed by atoms with Gasteiger partial charge in [0.2, 0.25) is 5.91 Å². The van der Waals surface area contributed by atoms with Crippen LogP contribution in [0.1, 0.15) is 77.0 Å². The minimum Gasteiger partial charge on any atom is -0.465 e. The molecule has 4 saturated carbocycles. The molecule has 2 atom stereocenters. The van der Waals surface area contributed by atoms with E-state index in [9.17, 15) is 14.0 Å². The highest BCUT2D eigenvalue weighted by atomic mass is 19.1. The summed E-state index contributed by atoms with van der Waals surface area (Å²) < 4.78 is 19.4. The quantitative estimate of drug-likeness (QED) is 0.668. The predicted octanol–water partition coefficient (Wildman–Crippen LogP) is 3.26. The highest BCUT2D eigenvalue weighted by Crippen LogP contribution is 2.53. The molecule has 2 unspecified atom stereocenters. The molecule has 166 valence electrons. The number of fused-ring (bicyclic) bond motifs is 3. The lowest BCUT2D eigenvalue weighted by molar-refractivity contribution is -0.165. The van der Waals surface area contributed by atoms with Gasteiger partial charge in [0.15, 0.2) is 0 Å². The summed E-state index contributed by atoms with van der Waals surface area (Å²) in [6.45, 7) is 0.718. The van der Waals surface area contributed by atoms with E-state index in [0.29, 0.717) is 12.5 Å². The Morgan fingerprint density at radius 1 is 1.10 bits per heavy atom. The van der Waals surface area contributed by atoms with Crippen LogP contribution in [0.2, 0.25) is 0 Å². The minimum atomic E-state index is -1.11. The number of nitrogens with zero attached hydrogens (tertiary/aromatic N) is 2. The first-order chi connectivity index (χ1) is 14.5. The Morgan fingerprint density at radius 3 is 2.40 bits per heavy atom. The largest absolute Gasteiger partial charge is 0.465 e. The number of rotatable bonds is 6. The summed E-state index contributed by atoms with van der Waals surface area (Å²) in [5.41, 5.74) is -0.470. The van der Waals surface area contributed by atoms with Crippen LogP contribution in [0.5, 0.6) is 0 Å². The second-order valence-electron chi connectivity index (χ2n) is 10.0. The molecule has 1 heterocycles. The molecule has 2 bridgehead atoms. The van der Waals surface area contributed by atoms with Gasteiger partial charge in [0.05, 0.1) is 31.2 Å². The fourth-order valence-corrected chi connectivity index (χ4v) is 6.00. The summed E-state index contributed by atoms with van der Waals surface area (Å²) in [5, 5.41) is 12.6. The van der Waals surface area contributed by atoms with Crippen molar-refractivity contribution in [2.75, 3.05) is 19.7 Å². The molecule has 1 N–H and O–H groups in total. The fourth-order valence-electron chi connectivity index (χ4n) is 6.00. The van der Waals surface area contributed by atoms with Crippen molar-refractivity contribution >= 4 is 11.9 Å². The van der Waals surface area contributed by atoms with Crippen LogP contribution in [0.25, 0.3) is 0 Å². The lowest BCUT2D eigenvalue weighted by Gasteiger charge is -2.52. The molecule has 4 aliphatic carbocycles. The van der Waals surface area contributed by atoms with E-state index in [0.717, 1.165) is 38.5 Å². The Morgan fingerprint density at radius 2 is 1.77 bits per heavy atom. The Bertz CT molecular complexity index is 676. The monoisotopic (exact) mass is 419 g/mol. The van der Waals surface area contributed by atoms with E-state index in [4.69, 9.17) is 10.00 Å². The number of amides is 1. The Balaban J connectivity index is 1.25. The van der Waals surface area contributed by atoms with Crippen LogP contribution in [-0.4, -0.2) is 54.2 Å². The number of carbonyl (C=O) groups is 2. The predicted molar refractivity (Wildman–Crippen MR) is 109 cm³/mol. The zero-order valence-electron chi connectivity index (χ0n) is 17.8. The maximum atomic E-state index is 13.6. The number of alkyl halides is 1. The van der Waals surface area contributed by atoms with Gasteiger partial charge in [-0.05, 0) is 57.3 Å². The average molecular weight is 420 g/mol. The maximum absolute atomic E-state index is 13.6. The number of nitriles is 1. The molecule has 0 aromatic carbocycles. The molecule has 1 aliphatic heterocycles. The first-order valence-electron chi connectivity index (χ1n) is 11.7. The van der Waals surface area contributed by atoms with Crippen LogP contribution in [0.4, 0.5) is 4.39 Å². The van der Waals surface area contributed by atoms with Crippen molar-refractivity contribution in [2.45, 2.75) is 94.8 Å². The van der Waals surface area contributed by atoms with Crippen molar-refractivity contribution in [1.82, 2.24) is 10.2 Å². The summed E-state index contributed by atoms with van der Waals surface area (Å²) in [7, 11) is 0. The first-order valence-corrected chi connectivity index (χ1v) is 11.7. The molecule has 30 heavy (non-hydrogen) atoms. The number of esters is 1. The van der Waals surface area contributed by atoms with Crippen molar-refractivity contribution in [1.29, 1.82) is 5.26 Å². The average Bonchev–Trinajstić information content (AvgIpc) is 3.18. The van der Waals surface area contributed by atoms with Crippen LogP contribution >= 0.6 is 0 Å². The van der Waals surface area contributed by atoms with E-state index in [2.05, 4.69) is 5.32 Å². The van der Waals surface area contributed by atoms with Crippen molar-refractivity contribution in [3.05, 3.63) is 0 Å². The van der Waals surface area contributed by atoms with E-state index in [1.165, 1.54) is 37.0 Å². The van der Waals surface area contributed by atoms with Gasteiger partial charge in [-0.3, -0.25) is 9.59 Å². The van der Waals surface area contributed by atoms with Gasteiger partial charge in [-0.25, -0.2) is 4.39 Å². The van der Waals surface area contributed by atoms with Crippen molar-refractivity contribution in [3.8, 4) is 6.07 Å². The van der Waals surface area contributed by atoms with Crippen LogP contribution in [0.15, 0.2) is 0 Å². The molecular formula is C23H34FN3O3. The lowest BCUT2D eigenvalue weighted by Crippen LogP contribution is -2.59. The molecule has 1 saturated heterocycles. The normalized spacial score (nSPS) is 36.5. The van der Waals surface area contributed by atoms with Gasteiger partial charge < -0.3 is 15.0 Å². The third-order valence-electron chi connectivity index (χ3n) is 8.19. The summed E-state index contributed by atoms with van der Waals surface area (Å²) in [4.78, 5) is 26.8. The van der Waals surface area contributed by atoms with Gasteiger partial charge in [0, 0.05) is 12.0 Å². The van der Waals surface area contributed by atoms with Gasteiger partial charge >= 0.3 is 5.97 Å². The highest BCUT2D eigenvalue weighted by molar-refractivity contribution is 5.80. The van der Waals surface area contributed by atoms with Crippen LogP contribution in [-0.2, 0) is 14.3 Å². The lowest BCUT2D eigenvalue weighted by atomic mass is 9.57. The van der Waals surface area contributed by atoms with Gasteiger partial charge in [0.1, 0.15) is 12.2 Å². The second-order valence-corrected chi connectivity index (χ2v) is 10.0. The van der Waals surface area contributed by atoms with Crippen molar-refractivity contribution < 1.29 is 18.7 Å². The Hall–Kier alpha value is -1.68. The third kappa shape index (κ3) is 4.34. The van der Waals surface area contributed by atoms with Crippen LogP contribution in [0.3, 0.4) is 0 Å². The fraction of sp³-hybridized carbons (Fsp3) is 0.870. The Labute approximate surface area is 178 Å². The van der Waals surface area contributed by atoms with Crippen molar-refractivity contribution in [2.24, 2.45) is 11.3 Å². The number of likely N-dealkylation sites (tertiary alicyclic amines) is 1. The maximum Gasteiger partial charge on any atom is 0.312 e. The molecule has 0 aromatic heterocycles. The molecule has 5 rings (SSSR count). The van der Waals surface area contributed by atoms with E-state index < -0.39 is 12.2 Å². The zero-order chi connectivity index (χ0) is 21.2. The molecule has 0 aromatic rings. The molecule has 0 spiro atoms. The number of ether oxygens (including phenoxy) is 1. The standard InChI is InChI=1S/C23H34FN3O3/c24-18-12-19(13-25)27(15-18)20(28)14-26-23-9-6-22(7-10-23,8-11-23)21(29)30-16-17-4-2-1-3-5-17/h17-19,26H,1-12,14-16H2. The minimum absolute atomic E-state index is 0.0135. The van der Waals surface area contributed by atoms with E-state index in [1.807, 2.05) is 6.07 Å². The summed E-state index contributed by atoms with van der Waals surface area (Å²) >= 11 is 0. The number of halogens is 1. The topological polar surface area (TPSA) is 82.4 Å². The van der Waals surface area contributed by atoms with Crippen LogP contribution in [0, 0.1) is 22.7 Å². The SMILES string of the molecule is N#CC1CC(F)CN1C(=O)CNC12CCC(C(=O)OCC3CCCCC3)(CC1)CC2. The number of nitrogens with one attached hydrogen (secondary N) is 1. The highest BCUT2D eigenvalue weighted by Gasteiger charge is 2.53. The van der Waals surface area contributed by atoms with Gasteiger partial charge in [-0.2, -0.15) is 5.26 Å². The van der Waals surface area contributed by atoms with Crippen LogP contribution < -0.4 is 5.32 Å². The third-order valence-corrected chi connectivity index (χ3v) is 8.19. The smallest absolute Gasteiger partial charge is 0.312 e. The first kappa shape index (κ1) is 21.5. The molecule has 7 heteroatoms.